The van der Waals surface area contributed by atoms with Crippen molar-refractivity contribution in [2.75, 3.05) is 20.1 Å². The zero-order chi connectivity index (χ0) is 15.3. The number of hydrogen-bond acceptors (Lipinski definition) is 4. The molecule has 0 atom stereocenters. The van der Waals surface area contributed by atoms with Gasteiger partial charge in [-0.3, -0.25) is 19.7 Å². The first-order valence-electron chi connectivity index (χ1n) is 5.84. The smallest absolute Gasteiger partial charge is 0.270 e. The Balaban J connectivity index is 3.08. The fourth-order valence-electron chi connectivity index (χ4n) is 1.54. The van der Waals surface area contributed by atoms with Gasteiger partial charge in [-0.2, -0.15) is 0 Å². The number of rotatable bonds is 5. The predicted octanol–water partition coefficient (Wildman–Crippen LogP) is 1.57. The Morgan fingerprint density at radius 2 is 2.10 bits per heavy atom. The molecule has 1 rings (SSSR count). The topological polar surface area (TPSA) is 92.6 Å². The van der Waals surface area contributed by atoms with Gasteiger partial charge >= 0.3 is 0 Å². The Morgan fingerprint density at radius 1 is 1.45 bits per heavy atom. The Kier molecular flexibility index (Phi) is 5.63. The van der Waals surface area contributed by atoms with Crippen LogP contribution < -0.4 is 5.32 Å². The van der Waals surface area contributed by atoms with Gasteiger partial charge in [0.15, 0.2) is 0 Å². The summed E-state index contributed by atoms with van der Waals surface area (Å²) in [7, 11) is 1.48. The van der Waals surface area contributed by atoms with Crippen molar-refractivity contribution in [3.63, 3.8) is 0 Å². The van der Waals surface area contributed by atoms with Crippen LogP contribution in [0.15, 0.2) is 22.7 Å². The molecule has 20 heavy (non-hydrogen) atoms. The van der Waals surface area contributed by atoms with E-state index in [2.05, 4.69) is 21.2 Å². The third-order valence-corrected chi connectivity index (χ3v) is 3.36. The van der Waals surface area contributed by atoms with Crippen molar-refractivity contribution in [1.82, 2.24) is 10.2 Å². The summed E-state index contributed by atoms with van der Waals surface area (Å²) in [6, 6.07) is 3.94. The lowest BCUT2D eigenvalue weighted by Gasteiger charge is -2.20. The van der Waals surface area contributed by atoms with E-state index in [1.165, 1.54) is 30.1 Å². The van der Waals surface area contributed by atoms with E-state index in [1.54, 1.807) is 6.92 Å². The Labute approximate surface area is 124 Å². The number of nitro groups is 1. The van der Waals surface area contributed by atoms with E-state index in [4.69, 9.17) is 0 Å². The number of carbonyl (C=O) groups is 2. The lowest BCUT2D eigenvalue weighted by molar-refractivity contribution is -0.384. The Hall–Kier alpha value is -1.96. The third-order valence-electron chi connectivity index (χ3n) is 2.67. The first-order valence-corrected chi connectivity index (χ1v) is 6.63. The van der Waals surface area contributed by atoms with Crippen molar-refractivity contribution in [1.29, 1.82) is 0 Å². The molecule has 1 aromatic rings. The van der Waals surface area contributed by atoms with Gasteiger partial charge in [0.1, 0.15) is 0 Å². The van der Waals surface area contributed by atoms with Crippen molar-refractivity contribution in [3.05, 3.63) is 38.3 Å². The summed E-state index contributed by atoms with van der Waals surface area (Å²) in [6.45, 7) is 1.95. The minimum absolute atomic E-state index is 0.0963. The number of likely N-dealkylation sites (N-methyl/N-ethyl adjacent to an activating group) is 2. The van der Waals surface area contributed by atoms with Crippen LogP contribution in [0.2, 0.25) is 0 Å². The number of nitrogens with zero attached hydrogens (tertiary/aromatic N) is 2. The quantitative estimate of drug-likeness (QED) is 0.648. The molecule has 0 aliphatic carbocycles. The number of halogens is 1. The summed E-state index contributed by atoms with van der Waals surface area (Å²) in [6.07, 6.45) is 0. The number of nitrogens with one attached hydrogen (secondary N) is 1. The van der Waals surface area contributed by atoms with E-state index < -0.39 is 10.8 Å². The van der Waals surface area contributed by atoms with E-state index in [0.29, 0.717) is 11.0 Å². The highest BCUT2D eigenvalue weighted by atomic mass is 79.9. The highest BCUT2D eigenvalue weighted by Crippen LogP contribution is 2.23. The van der Waals surface area contributed by atoms with Crippen LogP contribution in [-0.2, 0) is 4.79 Å². The maximum absolute atomic E-state index is 12.3. The number of amides is 2. The second kappa shape index (κ2) is 6.99. The maximum atomic E-state index is 12.3. The number of benzene rings is 1. The normalized spacial score (nSPS) is 9.95. The maximum Gasteiger partial charge on any atom is 0.270 e. The number of non-ortho nitro benzene ring substituents is 1. The number of hydrogen-bond donors (Lipinski definition) is 1. The molecule has 0 aliphatic heterocycles. The van der Waals surface area contributed by atoms with Gasteiger partial charge in [-0.25, -0.2) is 0 Å². The molecule has 1 aromatic carbocycles. The van der Waals surface area contributed by atoms with Gasteiger partial charge in [-0.1, -0.05) is 0 Å². The van der Waals surface area contributed by atoms with Gasteiger partial charge in [0.05, 0.1) is 17.0 Å². The predicted molar refractivity (Wildman–Crippen MR) is 76.4 cm³/mol. The largest absolute Gasteiger partial charge is 0.358 e. The fraction of sp³-hybridized carbons (Fsp3) is 0.333. The van der Waals surface area contributed by atoms with Crippen LogP contribution in [0.25, 0.3) is 0 Å². The SMILES string of the molecule is CCN(CC(=O)NC)C(=O)c1cc([N+](=O)[O-])ccc1Br. The Morgan fingerprint density at radius 3 is 2.60 bits per heavy atom. The summed E-state index contributed by atoms with van der Waals surface area (Å²) in [5, 5.41) is 13.2. The molecule has 0 bridgehead atoms. The van der Waals surface area contributed by atoms with Gasteiger partial charge in [0.25, 0.3) is 11.6 Å². The van der Waals surface area contributed by atoms with Crippen molar-refractivity contribution < 1.29 is 14.5 Å². The fourth-order valence-corrected chi connectivity index (χ4v) is 1.96. The van der Waals surface area contributed by atoms with Crippen LogP contribution in [0, 0.1) is 10.1 Å². The lowest BCUT2D eigenvalue weighted by Crippen LogP contribution is -2.39. The van der Waals surface area contributed by atoms with Gasteiger partial charge in [-0.15, -0.1) is 0 Å². The Bertz CT molecular complexity index is 548. The lowest BCUT2D eigenvalue weighted by atomic mass is 10.1. The summed E-state index contributed by atoms with van der Waals surface area (Å²) in [4.78, 5) is 35.2. The molecule has 7 nitrogen and oxygen atoms in total. The van der Waals surface area contributed by atoms with Crippen molar-refractivity contribution >= 4 is 33.4 Å². The van der Waals surface area contributed by atoms with Crippen molar-refractivity contribution in [2.24, 2.45) is 0 Å². The van der Waals surface area contributed by atoms with E-state index >= 15 is 0 Å². The van der Waals surface area contributed by atoms with E-state index in [0.717, 1.165) is 0 Å². The highest BCUT2D eigenvalue weighted by Gasteiger charge is 2.21. The molecule has 8 heteroatoms. The molecule has 0 saturated heterocycles. The average Bonchev–Trinajstić information content (AvgIpc) is 2.43. The molecule has 2 amide bonds. The van der Waals surface area contributed by atoms with E-state index in [1.807, 2.05) is 0 Å². The van der Waals surface area contributed by atoms with Crippen LogP contribution in [0.4, 0.5) is 5.69 Å². The third kappa shape index (κ3) is 3.77. The van der Waals surface area contributed by atoms with Gasteiger partial charge in [0.2, 0.25) is 5.91 Å². The second-order valence-corrected chi connectivity index (χ2v) is 4.77. The summed E-state index contributed by atoms with van der Waals surface area (Å²) in [5.74, 6) is -0.742. The molecular formula is C12H14BrN3O4. The van der Waals surface area contributed by atoms with Gasteiger partial charge in [-0.05, 0) is 28.9 Å². The molecule has 0 aromatic heterocycles. The van der Waals surface area contributed by atoms with Crippen molar-refractivity contribution in [3.8, 4) is 0 Å². The molecule has 0 aliphatic rings. The molecule has 0 fully saturated rings. The van der Waals surface area contributed by atoms with Gasteiger partial charge < -0.3 is 10.2 Å². The minimum atomic E-state index is -0.571. The molecule has 0 radical (unpaired) electrons. The zero-order valence-corrected chi connectivity index (χ0v) is 12.6. The first-order chi connectivity index (χ1) is 9.40. The van der Waals surface area contributed by atoms with Crippen molar-refractivity contribution in [2.45, 2.75) is 6.92 Å². The summed E-state index contributed by atoms with van der Waals surface area (Å²) in [5.41, 5.74) is -0.0162. The monoisotopic (exact) mass is 343 g/mol. The first kappa shape index (κ1) is 16.1. The highest BCUT2D eigenvalue weighted by molar-refractivity contribution is 9.10. The molecule has 0 unspecified atom stereocenters. The number of carbonyl (C=O) groups excluding carboxylic acids is 2. The molecule has 0 heterocycles. The second-order valence-electron chi connectivity index (χ2n) is 3.91. The average molecular weight is 344 g/mol. The van der Waals surface area contributed by atoms with Crippen LogP contribution in [-0.4, -0.2) is 41.8 Å². The molecule has 0 saturated carbocycles. The molecular weight excluding hydrogens is 330 g/mol. The number of nitro benzene ring substituents is 1. The van der Waals surface area contributed by atoms with Crippen LogP contribution in [0.3, 0.4) is 0 Å². The van der Waals surface area contributed by atoms with E-state index in [-0.39, 0.29) is 23.7 Å². The summed E-state index contributed by atoms with van der Waals surface area (Å²) >= 11 is 3.19. The standard InChI is InChI=1S/C12H14BrN3O4/c1-3-15(7-11(17)14-2)12(18)9-6-8(16(19)20)4-5-10(9)13/h4-6H,3,7H2,1-2H3,(H,14,17). The van der Waals surface area contributed by atoms with Crippen LogP contribution in [0.5, 0.6) is 0 Å². The minimum Gasteiger partial charge on any atom is -0.358 e. The molecule has 0 spiro atoms. The van der Waals surface area contributed by atoms with Crippen LogP contribution >= 0.6 is 15.9 Å². The molecule has 108 valence electrons. The summed E-state index contributed by atoms with van der Waals surface area (Å²) < 4.78 is 0.448. The zero-order valence-electron chi connectivity index (χ0n) is 11.1. The van der Waals surface area contributed by atoms with Gasteiger partial charge in [0, 0.05) is 30.2 Å². The van der Waals surface area contributed by atoms with E-state index in [9.17, 15) is 19.7 Å². The molecule has 1 N–H and O–H groups in total. The van der Waals surface area contributed by atoms with Crippen LogP contribution in [0.1, 0.15) is 17.3 Å².